The second-order valence-electron chi connectivity index (χ2n) is 19.6. The van der Waals surface area contributed by atoms with E-state index >= 15 is 9.59 Å². The number of aromatic nitrogens is 2. The number of hydrogen-bond acceptors (Lipinski definition) is 8. The number of carbonyl (C=O) groups excluding carboxylic acids is 4. The van der Waals surface area contributed by atoms with Crippen molar-refractivity contribution < 1.29 is 29.0 Å². The highest BCUT2D eigenvalue weighted by molar-refractivity contribution is 6.31. The third-order valence-corrected chi connectivity index (χ3v) is 15.3. The highest BCUT2D eigenvalue weighted by Crippen LogP contribution is 2.42. The van der Waals surface area contributed by atoms with Crippen LogP contribution in [0.5, 0.6) is 11.5 Å². The molecular weight excluding hydrogens is 912 g/mol. The van der Waals surface area contributed by atoms with E-state index in [9.17, 15) is 14.7 Å². The molecule has 0 spiro atoms. The van der Waals surface area contributed by atoms with Crippen LogP contribution in [0.25, 0.3) is 11.3 Å². The number of likely N-dealkylation sites (N-methyl/N-ethyl adjacent to an activating group) is 1. The molecule has 2 saturated heterocycles. The number of hydrogen-bond donors (Lipinski definition) is 2. The summed E-state index contributed by atoms with van der Waals surface area (Å²) in [7, 11) is 4.14. The number of amides is 3. The highest BCUT2D eigenvalue weighted by Gasteiger charge is 2.45. The van der Waals surface area contributed by atoms with E-state index in [1.165, 1.54) is 10.5 Å². The van der Waals surface area contributed by atoms with Gasteiger partial charge in [0.2, 0.25) is 17.7 Å². The van der Waals surface area contributed by atoms with Crippen LogP contribution in [0, 0.1) is 11.8 Å². The van der Waals surface area contributed by atoms with Gasteiger partial charge in [-0.25, -0.2) is 4.98 Å². The van der Waals surface area contributed by atoms with Crippen molar-refractivity contribution in [3.05, 3.63) is 147 Å². The first-order chi connectivity index (χ1) is 33.3. The summed E-state index contributed by atoms with van der Waals surface area (Å²) in [6.45, 7) is 3.58. The molecule has 5 atom stereocenters. The minimum Gasteiger partial charge on any atom is -0.457 e. The van der Waals surface area contributed by atoms with Crippen LogP contribution in [-0.4, -0.2) is 104 Å². The molecule has 4 aliphatic rings. The predicted octanol–water partition coefficient (Wildman–Crippen LogP) is 8.36. The van der Waals surface area contributed by atoms with Gasteiger partial charge in [-0.3, -0.25) is 24.1 Å². The number of aliphatic hydroxyl groups excluding tert-OH is 1. The number of piperidine rings is 1. The van der Waals surface area contributed by atoms with E-state index in [0.29, 0.717) is 59.3 Å². The number of aryl methyl sites for hydroxylation is 1. The van der Waals surface area contributed by atoms with Crippen molar-refractivity contribution >= 4 is 46.7 Å². The second kappa shape index (κ2) is 20.7. The molecule has 12 nitrogen and oxygen atoms in total. The monoisotopic (exact) mass is 970 g/mol. The summed E-state index contributed by atoms with van der Waals surface area (Å²) in [5.41, 5.74) is 6.14. The first-order valence-electron chi connectivity index (χ1n) is 24.1. The summed E-state index contributed by atoms with van der Waals surface area (Å²) >= 11 is 12.9. The van der Waals surface area contributed by atoms with E-state index in [0.717, 1.165) is 59.7 Å². The van der Waals surface area contributed by atoms with Crippen LogP contribution < -0.4 is 10.1 Å². The zero-order chi connectivity index (χ0) is 48.4. The van der Waals surface area contributed by atoms with Crippen LogP contribution in [0.2, 0.25) is 10.0 Å². The van der Waals surface area contributed by atoms with Crippen LogP contribution in [0.1, 0.15) is 73.0 Å². The Kier molecular flexibility index (Phi) is 14.4. The molecular formula is C55H60Cl2N6O6. The molecule has 360 valence electrons. The molecule has 5 aromatic rings. The van der Waals surface area contributed by atoms with Crippen LogP contribution in [0.4, 0.5) is 0 Å². The smallest absolute Gasteiger partial charge is 0.226 e. The minimum atomic E-state index is -1.09. The summed E-state index contributed by atoms with van der Waals surface area (Å²) in [5.74, 6) is -1.53. The molecule has 1 aromatic heterocycles. The van der Waals surface area contributed by atoms with E-state index < -0.39 is 41.7 Å². The van der Waals surface area contributed by atoms with Gasteiger partial charge in [-0.05, 0) is 117 Å². The number of benzene rings is 4. The number of halogens is 2. The van der Waals surface area contributed by atoms with Gasteiger partial charge in [0.25, 0.3) is 0 Å². The Hall–Kier alpha value is -5.79. The summed E-state index contributed by atoms with van der Waals surface area (Å²) in [5, 5.41) is 15.0. The van der Waals surface area contributed by atoms with Gasteiger partial charge < -0.3 is 29.5 Å². The zero-order valence-corrected chi connectivity index (χ0v) is 41.0. The molecule has 0 unspecified atom stereocenters. The third kappa shape index (κ3) is 10.7. The molecule has 4 aromatic carbocycles. The normalized spacial score (nSPS) is 23.7. The van der Waals surface area contributed by atoms with Crippen molar-refractivity contribution in [2.75, 3.05) is 39.8 Å². The van der Waals surface area contributed by atoms with Crippen molar-refractivity contribution in [3.63, 3.8) is 0 Å². The number of nitrogens with zero attached hydrogens (tertiary/aromatic N) is 5. The van der Waals surface area contributed by atoms with E-state index in [-0.39, 0.29) is 43.7 Å². The Morgan fingerprint density at radius 2 is 1.68 bits per heavy atom. The van der Waals surface area contributed by atoms with Crippen LogP contribution in [0.15, 0.2) is 109 Å². The van der Waals surface area contributed by atoms with Gasteiger partial charge in [-0.15, -0.1) is 0 Å². The summed E-state index contributed by atoms with van der Waals surface area (Å²) in [4.78, 5) is 69.7. The molecule has 2 N–H and O–H groups in total. The van der Waals surface area contributed by atoms with Crippen molar-refractivity contribution in [1.29, 1.82) is 0 Å². The Labute approximate surface area is 414 Å². The highest BCUT2D eigenvalue weighted by atomic mass is 35.5. The number of ether oxygens (including phenoxy) is 1. The van der Waals surface area contributed by atoms with Crippen molar-refractivity contribution in [3.8, 4) is 22.8 Å². The van der Waals surface area contributed by atoms with E-state index in [2.05, 4.69) is 40.0 Å². The molecule has 4 heterocycles. The fourth-order valence-corrected chi connectivity index (χ4v) is 11.2. The molecule has 1 aliphatic carbocycles. The largest absolute Gasteiger partial charge is 0.457 e. The number of fused-ring (bicyclic) bond motifs is 3. The SMILES string of the molecule is C[C@H]1C(=O)C[C@@H](CO)C(=O)N[C@@]2(Cc3ccc(Cl)cc3)CCCN(C2)C(=O)[C@H]([C@@H]2CCc3ccccc32)CC(=O)N1Cc1ccc(Cl)cc1Oc1ccc(-c2cnc(CC3=CCN(C)C3)n2C)cc1. The quantitative estimate of drug-likeness (QED) is 0.126. The lowest BCUT2D eigenvalue weighted by atomic mass is 9.79. The Morgan fingerprint density at radius 3 is 2.43 bits per heavy atom. The predicted molar refractivity (Wildman–Crippen MR) is 267 cm³/mol. The third-order valence-electron chi connectivity index (χ3n) is 14.8. The molecule has 3 amide bonds. The number of aliphatic hydroxyl groups is 1. The molecule has 2 bridgehead atoms. The van der Waals surface area contributed by atoms with Crippen LogP contribution in [0.3, 0.4) is 0 Å². The standard InChI is InChI=1S/C55H60Cl2N6O6/c1-35-49(65)26-41(33-64)53(67)59-55(29-36-9-15-42(56)16-10-36)22-6-23-62(34-55)54(68)47(46-20-14-38-7-4-5-8-45(38)46)28-52(66)63(35)32-40-11-17-43(57)27-50(40)69-44-18-12-39(13-19-44)48-30-58-51(61(48)3)25-37-21-24-60(2)31-37/h4-5,7-13,15-19,21,27,30,35,41,46-47,64H,6,14,20,22-26,28-29,31-34H2,1-3H3,(H,59,67)/t35-,41-,46+,47-,55+/m0/s1. The van der Waals surface area contributed by atoms with E-state index in [4.69, 9.17) is 32.9 Å². The minimum absolute atomic E-state index is 0.0492. The average molecular weight is 972 g/mol. The number of nitrogens with one attached hydrogen (secondary N) is 1. The molecule has 0 radical (unpaired) electrons. The van der Waals surface area contributed by atoms with E-state index in [1.807, 2.05) is 66.7 Å². The van der Waals surface area contributed by atoms with Gasteiger partial charge in [0.15, 0.2) is 5.78 Å². The molecule has 0 saturated carbocycles. The number of rotatable bonds is 11. The van der Waals surface area contributed by atoms with E-state index in [1.54, 1.807) is 37.3 Å². The maximum atomic E-state index is 15.3. The molecule has 14 heteroatoms. The van der Waals surface area contributed by atoms with Gasteiger partial charge in [-0.2, -0.15) is 0 Å². The van der Waals surface area contributed by atoms with Gasteiger partial charge in [0.1, 0.15) is 17.3 Å². The maximum absolute atomic E-state index is 15.3. The fraction of sp³-hybridized carbons (Fsp3) is 0.400. The van der Waals surface area contributed by atoms with Crippen molar-refractivity contribution in [2.24, 2.45) is 18.9 Å². The molecule has 3 aliphatic heterocycles. The molecule has 9 rings (SSSR count). The fourth-order valence-electron chi connectivity index (χ4n) is 10.9. The van der Waals surface area contributed by atoms with Crippen LogP contribution >= 0.6 is 23.2 Å². The first-order valence-corrected chi connectivity index (χ1v) is 24.8. The lowest BCUT2D eigenvalue weighted by Crippen LogP contribution is -2.63. The van der Waals surface area contributed by atoms with Gasteiger partial charge in [-0.1, -0.05) is 77.3 Å². The molecule has 69 heavy (non-hydrogen) atoms. The van der Waals surface area contributed by atoms with Gasteiger partial charge in [0.05, 0.1) is 48.5 Å². The lowest BCUT2D eigenvalue weighted by Gasteiger charge is -2.46. The summed E-state index contributed by atoms with van der Waals surface area (Å²) in [6, 6.07) is 27.4. The lowest BCUT2D eigenvalue weighted by molar-refractivity contribution is -0.148. The van der Waals surface area contributed by atoms with Gasteiger partial charge in [0, 0.05) is 73.7 Å². The first kappa shape index (κ1) is 48.2. The summed E-state index contributed by atoms with van der Waals surface area (Å²) < 4.78 is 8.65. The summed E-state index contributed by atoms with van der Waals surface area (Å²) in [6.07, 6.45) is 7.58. The average Bonchev–Trinajstić information content (AvgIpc) is 4.07. The molecule has 2 fully saturated rings. The number of Topliss-reactive ketones (excluding diaryl/α,β-unsaturated/α-hetero) is 1. The number of imidazole rings is 1. The van der Waals surface area contributed by atoms with Crippen molar-refractivity contribution in [1.82, 2.24) is 29.6 Å². The second-order valence-corrected chi connectivity index (χ2v) is 20.4. The van der Waals surface area contributed by atoms with Gasteiger partial charge >= 0.3 is 0 Å². The Morgan fingerprint density at radius 1 is 0.913 bits per heavy atom. The Balaban J connectivity index is 1.02. The number of ketones is 1. The zero-order valence-electron chi connectivity index (χ0n) is 39.5. The van der Waals surface area contributed by atoms with Crippen molar-refractivity contribution in [2.45, 2.75) is 82.3 Å². The Bertz CT molecular complexity index is 2760. The topological polar surface area (TPSA) is 137 Å². The number of carbonyl (C=O) groups is 4. The maximum Gasteiger partial charge on any atom is 0.226 e. The van der Waals surface area contributed by atoms with Crippen LogP contribution in [-0.2, 0) is 52.0 Å².